The predicted octanol–water partition coefficient (Wildman–Crippen LogP) is 2.90. The van der Waals surface area contributed by atoms with Gasteiger partial charge in [-0.15, -0.1) is 0 Å². The molecule has 2 nitrogen and oxygen atoms in total. The number of carboxylic acids is 1. The molecule has 0 saturated carbocycles. The quantitative estimate of drug-likeness (QED) is 0.910. The monoisotopic (exact) mass is 365 g/mol. The van der Waals surface area contributed by atoms with E-state index in [0.29, 0.717) is 0 Å². The summed E-state index contributed by atoms with van der Waals surface area (Å²) in [4.78, 5) is 11.3. The Morgan fingerprint density at radius 1 is 0.824 bits per heavy atom. The van der Waals surface area contributed by atoms with E-state index in [2.05, 4.69) is 0 Å². The van der Waals surface area contributed by atoms with Crippen LogP contribution in [0.3, 0.4) is 0 Å². The minimum Gasteiger partial charge on any atom is -0.481 e. The molecule has 0 aliphatic rings. The summed E-state index contributed by atoms with van der Waals surface area (Å²) in [6, 6.07) is 18.5. The van der Waals surface area contributed by atoms with Crippen molar-refractivity contribution in [3.05, 3.63) is 71.8 Å². The summed E-state index contributed by atoms with van der Waals surface area (Å²) in [6.07, 6.45) is 0. The Morgan fingerprint density at radius 3 is 1.47 bits per heavy atom. The van der Waals surface area contributed by atoms with E-state index in [1.807, 2.05) is 60.7 Å². The van der Waals surface area contributed by atoms with Gasteiger partial charge in [0, 0.05) is 49.4 Å². The first-order valence-corrected chi connectivity index (χ1v) is 5.12. The van der Waals surface area contributed by atoms with E-state index >= 15 is 0 Å². The molecule has 0 heterocycles. The van der Waals surface area contributed by atoms with Gasteiger partial charge in [0.15, 0.2) is 0 Å². The van der Waals surface area contributed by atoms with Crippen LogP contribution in [0.15, 0.2) is 60.7 Å². The molecule has 1 radical (unpaired) electrons. The molecule has 2 aromatic rings. The molecule has 0 aliphatic carbocycles. The summed E-state index contributed by atoms with van der Waals surface area (Å²) >= 11 is 0. The summed E-state index contributed by atoms with van der Waals surface area (Å²) in [5, 5.41) is 9.28. The van der Waals surface area contributed by atoms with Gasteiger partial charge in [0.25, 0.3) is 0 Å². The van der Waals surface area contributed by atoms with Gasteiger partial charge in [0.1, 0.15) is 5.92 Å². The van der Waals surface area contributed by atoms with Crippen LogP contribution in [0.1, 0.15) is 17.0 Å². The molecule has 0 bridgehead atoms. The summed E-state index contributed by atoms with van der Waals surface area (Å²) < 4.78 is 0. The van der Waals surface area contributed by atoms with Crippen LogP contribution in [-0.4, -0.2) is 11.1 Å². The zero-order valence-corrected chi connectivity index (χ0v) is 11.5. The molecular weight excluding hydrogens is 352 g/mol. The van der Waals surface area contributed by atoms with E-state index in [-0.39, 0.29) is 49.4 Å². The zero-order chi connectivity index (χ0) is 11.4. The molecule has 0 saturated heterocycles. The first kappa shape index (κ1) is 14.6. The van der Waals surface area contributed by atoms with Crippen LogP contribution >= 0.6 is 0 Å². The van der Waals surface area contributed by atoms with Crippen molar-refractivity contribution in [2.24, 2.45) is 0 Å². The molecule has 2 rings (SSSR count). The minimum absolute atomic E-state index is 0. The van der Waals surface area contributed by atoms with Crippen molar-refractivity contribution in [3.8, 4) is 0 Å². The van der Waals surface area contributed by atoms with Crippen molar-refractivity contribution in [1.29, 1.82) is 0 Å². The average Bonchev–Trinajstić information content (AvgIpc) is 2.31. The molecule has 0 aromatic heterocycles. The number of hydrogen-bond donors (Lipinski definition) is 1. The van der Waals surface area contributed by atoms with Gasteiger partial charge in [0.05, 0.1) is 0 Å². The van der Waals surface area contributed by atoms with Crippen LogP contribution in [0.4, 0.5) is 0 Å². The van der Waals surface area contributed by atoms with Gasteiger partial charge in [0.2, 0.25) is 0 Å². The van der Waals surface area contributed by atoms with E-state index < -0.39 is 11.9 Å². The van der Waals surface area contributed by atoms with Crippen molar-refractivity contribution in [2.75, 3.05) is 0 Å². The molecule has 0 fully saturated rings. The summed E-state index contributed by atoms with van der Waals surface area (Å²) in [5.41, 5.74) is 1.61. The summed E-state index contributed by atoms with van der Waals surface area (Å²) in [5.74, 6) is -1.40. The van der Waals surface area contributed by atoms with Crippen molar-refractivity contribution < 1.29 is 59.3 Å². The number of carboxylic acid groups (broad SMARTS) is 1. The predicted molar refractivity (Wildman–Crippen MR) is 62.4 cm³/mol. The van der Waals surface area contributed by atoms with Crippen LogP contribution in [0.5, 0.6) is 0 Å². The average molecular weight is 364 g/mol. The fraction of sp³-hybridized carbons (Fsp3) is 0.0714. The van der Waals surface area contributed by atoms with E-state index in [0.717, 1.165) is 11.1 Å². The van der Waals surface area contributed by atoms with Crippen molar-refractivity contribution in [1.82, 2.24) is 0 Å². The molecule has 0 amide bonds. The molecule has 0 aliphatic heterocycles. The molecule has 17 heavy (non-hydrogen) atoms. The van der Waals surface area contributed by atoms with E-state index in [4.69, 9.17) is 0 Å². The first-order chi connectivity index (χ1) is 7.79. The van der Waals surface area contributed by atoms with Gasteiger partial charge in [-0.2, -0.15) is 0 Å². The molecule has 0 unspecified atom stereocenters. The summed E-state index contributed by atoms with van der Waals surface area (Å²) in [7, 11) is 0. The normalized spacial score (nSPS) is 9.71. The van der Waals surface area contributed by atoms with Crippen LogP contribution in [0, 0.1) is 49.4 Å². The molecule has 2 aromatic carbocycles. The van der Waals surface area contributed by atoms with E-state index in [9.17, 15) is 9.90 Å². The minimum atomic E-state index is -0.822. The Kier molecular flexibility index (Phi) is 6.03. The van der Waals surface area contributed by atoms with Gasteiger partial charge in [-0.05, 0) is 11.1 Å². The van der Waals surface area contributed by atoms with Gasteiger partial charge in [-0.1, -0.05) is 60.7 Å². The number of benzene rings is 2. The van der Waals surface area contributed by atoms with Gasteiger partial charge < -0.3 is 5.11 Å². The fourth-order valence-electron chi connectivity index (χ4n) is 1.77. The standard InChI is InChI=1S/C14H12O2.Eu/c15-14(16)13(11-7-3-1-4-8-11)12-9-5-2-6-10-12;/h1-10,13H,(H,15,16);. The molecular formula is C14H12EuO2. The smallest absolute Gasteiger partial charge is 0.315 e. The third-order valence-corrected chi connectivity index (χ3v) is 2.51. The van der Waals surface area contributed by atoms with E-state index in [1.54, 1.807) is 0 Å². The van der Waals surface area contributed by atoms with Crippen molar-refractivity contribution >= 4 is 5.97 Å². The Balaban J connectivity index is 0.00000144. The van der Waals surface area contributed by atoms with Crippen LogP contribution in [0.2, 0.25) is 0 Å². The maximum absolute atomic E-state index is 11.3. The SMILES string of the molecule is O=C(O)C(c1ccccc1)c1ccccc1.[Eu]. The Morgan fingerprint density at radius 2 is 1.18 bits per heavy atom. The number of aliphatic carboxylic acids is 1. The Labute approximate surface area is 141 Å². The number of rotatable bonds is 3. The van der Waals surface area contributed by atoms with Gasteiger partial charge >= 0.3 is 5.97 Å². The topological polar surface area (TPSA) is 37.3 Å². The van der Waals surface area contributed by atoms with Crippen molar-refractivity contribution in [2.45, 2.75) is 5.92 Å². The molecule has 3 heteroatoms. The van der Waals surface area contributed by atoms with Crippen LogP contribution < -0.4 is 0 Å². The van der Waals surface area contributed by atoms with Crippen LogP contribution in [-0.2, 0) is 4.79 Å². The first-order valence-electron chi connectivity index (χ1n) is 5.12. The second-order valence-electron chi connectivity index (χ2n) is 3.59. The zero-order valence-electron chi connectivity index (χ0n) is 9.08. The Bertz CT molecular complexity index is 429. The third-order valence-electron chi connectivity index (χ3n) is 2.51. The fourth-order valence-corrected chi connectivity index (χ4v) is 1.77. The molecule has 0 atom stereocenters. The molecule has 87 valence electrons. The number of carbonyl (C=O) groups is 1. The number of hydrogen-bond acceptors (Lipinski definition) is 1. The van der Waals surface area contributed by atoms with Gasteiger partial charge in [-0.3, -0.25) is 4.79 Å². The Hall–Kier alpha value is -0.506. The maximum Gasteiger partial charge on any atom is 0.315 e. The molecule has 1 N–H and O–H groups in total. The largest absolute Gasteiger partial charge is 0.481 e. The second kappa shape index (κ2) is 7.05. The summed E-state index contributed by atoms with van der Waals surface area (Å²) in [6.45, 7) is 0. The maximum atomic E-state index is 11.3. The molecule has 0 spiro atoms. The van der Waals surface area contributed by atoms with Crippen LogP contribution in [0.25, 0.3) is 0 Å². The third kappa shape index (κ3) is 3.73. The van der Waals surface area contributed by atoms with E-state index in [1.165, 1.54) is 0 Å². The second-order valence-corrected chi connectivity index (χ2v) is 3.59. The van der Waals surface area contributed by atoms with Gasteiger partial charge in [-0.25, -0.2) is 0 Å². The van der Waals surface area contributed by atoms with Crippen molar-refractivity contribution in [3.63, 3.8) is 0 Å².